The molecule has 3 aromatic rings. The summed E-state index contributed by atoms with van der Waals surface area (Å²) in [6, 6.07) is 11.0. The van der Waals surface area contributed by atoms with Gasteiger partial charge in [0.2, 0.25) is 0 Å². The number of carbonyl (C=O) groups excluding carboxylic acids is 1. The van der Waals surface area contributed by atoms with Crippen molar-refractivity contribution >= 4 is 29.8 Å². The van der Waals surface area contributed by atoms with E-state index in [9.17, 15) is 24.6 Å². The molecule has 0 radical (unpaired) electrons. The molecule has 1 aromatic heterocycles. The fourth-order valence-corrected chi connectivity index (χ4v) is 3.54. The summed E-state index contributed by atoms with van der Waals surface area (Å²) in [6.07, 6.45) is 1.65. The number of hydrogen-bond acceptors (Lipinski definition) is 5. The largest absolute Gasteiger partial charge is 0.478 e. The van der Waals surface area contributed by atoms with Crippen molar-refractivity contribution in [3.63, 3.8) is 0 Å². The van der Waals surface area contributed by atoms with Gasteiger partial charge in [-0.05, 0) is 62.7 Å². The third kappa shape index (κ3) is 4.29. The average Bonchev–Trinajstić information content (AvgIpc) is 3.05. The van der Waals surface area contributed by atoms with E-state index < -0.39 is 17.9 Å². The second-order valence-corrected chi connectivity index (χ2v) is 7.24. The smallest absolute Gasteiger partial charge is 0.338 e. The first-order valence-corrected chi connectivity index (χ1v) is 9.67. The number of methoxy groups -OCH3 is 1. The molecule has 1 heterocycles. The van der Waals surface area contributed by atoms with E-state index in [1.807, 2.05) is 19.9 Å². The zero-order chi connectivity index (χ0) is 23.6. The van der Waals surface area contributed by atoms with E-state index in [0.29, 0.717) is 22.5 Å². The fraction of sp³-hybridized carbons (Fsp3) is 0.167. The molecule has 0 saturated carbocycles. The highest BCUT2D eigenvalue weighted by Crippen LogP contribution is 2.25. The minimum absolute atomic E-state index is 0.113. The van der Waals surface area contributed by atoms with E-state index in [2.05, 4.69) is 4.99 Å². The summed E-state index contributed by atoms with van der Waals surface area (Å²) >= 11 is 0. The number of esters is 1. The molecule has 2 N–H and O–H groups in total. The van der Waals surface area contributed by atoms with Gasteiger partial charge in [0.1, 0.15) is 0 Å². The van der Waals surface area contributed by atoms with Crippen molar-refractivity contribution in [3.8, 4) is 5.69 Å². The molecule has 2 aromatic carbocycles. The van der Waals surface area contributed by atoms with Crippen molar-refractivity contribution in [1.82, 2.24) is 4.57 Å². The lowest BCUT2D eigenvalue weighted by atomic mass is 10.1. The second-order valence-electron chi connectivity index (χ2n) is 7.24. The average molecular weight is 434 g/mol. The van der Waals surface area contributed by atoms with Gasteiger partial charge in [0, 0.05) is 28.9 Å². The van der Waals surface area contributed by atoms with Gasteiger partial charge in [-0.2, -0.15) is 0 Å². The van der Waals surface area contributed by atoms with Crippen molar-refractivity contribution in [1.29, 1.82) is 0 Å². The van der Waals surface area contributed by atoms with Gasteiger partial charge in [-0.25, -0.2) is 14.4 Å². The van der Waals surface area contributed by atoms with Crippen LogP contribution < -0.4 is 0 Å². The first kappa shape index (κ1) is 22.5. The lowest BCUT2D eigenvalue weighted by Gasteiger charge is -2.12. The van der Waals surface area contributed by atoms with E-state index in [4.69, 9.17) is 4.74 Å². The Morgan fingerprint density at radius 2 is 1.59 bits per heavy atom. The number of carboxylic acid groups (broad SMARTS) is 2. The third-order valence-electron chi connectivity index (χ3n) is 5.19. The molecule has 0 atom stereocenters. The Labute approximate surface area is 184 Å². The molecule has 0 aliphatic heterocycles. The van der Waals surface area contributed by atoms with Crippen LogP contribution in [-0.4, -0.2) is 46.0 Å². The zero-order valence-corrected chi connectivity index (χ0v) is 18.0. The number of benzene rings is 2. The third-order valence-corrected chi connectivity index (χ3v) is 5.19. The standard InChI is InChI=1S/C24H22N2O6/c1-13-8-18(12-25-21-7-5-6-20(14(21)2)24(31)32-4)15(3)26(13)19-10-16(22(27)28)9-17(11-19)23(29)30/h5-12H,1-4H3,(H,27,28)(H,29,30). The van der Waals surface area contributed by atoms with Crippen LogP contribution >= 0.6 is 0 Å². The number of rotatable bonds is 6. The maximum absolute atomic E-state index is 11.9. The highest BCUT2D eigenvalue weighted by molar-refractivity contribution is 5.95. The van der Waals surface area contributed by atoms with E-state index in [-0.39, 0.29) is 11.1 Å². The number of aromatic carboxylic acids is 2. The molecule has 0 bridgehead atoms. The van der Waals surface area contributed by atoms with Crippen LogP contribution in [0.4, 0.5) is 5.69 Å². The van der Waals surface area contributed by atoms with Crippen molar-refractivity contribution in [3.05, 3.63) is 81.7 Å². The van der Waals surface area contributed by atoms with Crippen LogP contribution in [0.25, 0.3) is 5.69 Å². The van der Waals surface area contributed by atoms with Gasteiger partial charge in [0.25, 0.3) is 0 Å². The summed E-state index contributed by atoms with van der Waals surface area (Å²) < 4.78 is 6.57. The Balaban J connectivity index is 2.06. The lowest BCUT2D eigenvalue weighted by Crippen LogP contribution is -2.07. The van der Waals surface area contributed by atoms with Gasteiger partial charge < -0.3 is 19.5 Å². The van der Waals surface area contributed by atoms with Crippen molar-refractivity contribution in [2.75, 3.05) is 7.11 Å². The van der Waals surface area contributed by atoms with Crippen LogP contribution in [0.3, 0.4) is 0 Å². The minimum Gasteiger partial charge on any atom is -0.478 e. The predicted molar refractivity (Wildman–Crippen MR) is 119 cm³/mol. The summed E-state index contributed by atoms with van der Waals surface area (Å²) in [5.41, 5.74) is 4.23. The molecular formula is C24H22N2O6. The van der Waals surface area contributed by atoms with Gasteiger partial charge in [0.15, 0.2) is 0 Å². The number of aromatic nitrogens is 1. The van der Waals surface area contributed by atoms with Gasteiger partial charge >= 0.3 is 17.9 Å². The molecule has 0 aliphatic rings. The van der Waals surface area contributed by atoms with E-state index in [1.165, 1.54) is 19.2 Å². The Morgan fingerprint density at radius 1 is 0.969 bits per heavy atom. The Morgan fingerprint density at radius 3 is 2.16 bits per heavy atom. The second kappa shape index (κ2) is 8.89. The van der Waals surface area contributed by atoms with Gasteiger partial charge in [-0.15, -0.1) is 0 Å². The topological polar surface area (TPSA) is 118 Å². The maximum atomic E-state index is 11.9. The summed E-state index contributed by atoms with van der Waals surface area (Å²) in [4.78, 5) is 39.4. The first-order valence-electron chi connectivity index (χ1n) is 9.67. The first-order chi connectivity index (χ1) is 15.1. The SMILES string of the molecule is COC(=O)c1cccc(N=Cc2cc(C)n(-c3cc(C(=O)O)cc(C(=O)O)c3)c2C)c1C. The van der Waals surface area contributed by atoms with Gasteiger partial charge in [-0.1, -0.05) is 6.07 Å². The number of aliphatic imine (C=N–C) groups is 1. The molecule has 0 aliphatic carbocycles. The molecule has 0 fully saturated rings. The number of carbonyl (C=O) groups is 3. The van der Waals surface area contributed by atoms with Crippen LogP contribution in [0.2, 0.25) is 0 Å². The van der Waals surface area contributed by atoms with Crippen LogP contribution in [0.1, 0.15) is 53.6 Å². The van der Waals surface area contributed by atoms with E-state index in [1.54, 1.807) is 35.9 Å². The quantitative estimate of drug-likeness (QED) is 0.440. The lowest BCUT2D eigenvalue weighted by molar-refractivity contribution is 0.0598. The van der Waals surface area contributed by atoms with Crippen LogP contribution in [0, 0.1) is 20.8 Å². The highest BCUT2D eigenvalue weighted by atomic mass is 16.5. The molecule has 0 amide bonds. The number of ether oxygens (including phenoxy) is 1. The van der Waals surface area contributed by atoms with Crippen LogP contribution in [0.15, 0.2) is 47.5 Å². The molecular weight excluding hydrogens is 412 g/mol. The minimum atomic E-state index is -1.21. The Kier molecular flexibility index (Phi) is 6.25. The van der Waals surface area contributed by atoms with Gasteiger partial charge in [0.05, 0.1) is 29.5 Å². The van der Waals surface area contributed by atoms with Crippen LogP contribution in [0.5, 0.6) is 0 Å². The van der Waals surface area contributed by atoms with Crippen LogP contribution in [-0.2, 0) is 4.74 Å². The maximum Gasteiger partial charge on any atom is 0.338 e. The molecule has 8 heteroatoms. The summed E-state index contributed by atoms with van der Waals surface area (Å²) in [5.74, 6) is -2.86. The van der Waals surface area contributed by atoms with Gasteiger partial charge in [-0.3, -0.25) is 4.99 Å². The number of carboxylic acids is 2. The molecule has 0 unspecified atom stereocenters. The highest BCUT2D eigenvalue weighted by Gasteiger charge is 2.16. The molecule has 32 heavy (non-hydrogen) atoms. The van der Waals surface area contributed by atoms with Crippen molar-refractivity contribution < 1.29 is 29.3 Å². The zero-order valence-electron chi connectivity index (χ0n) is 18.0. The Hall–Kier alpha value is -4.20. The monoisotopic (exact) mass is 434 g/mol. The van der Waals surface area contributed by atoms with Crippen molar-refractivity contribution in [2.24, 2.45) is 4.99 Å². The fourth-order valence-electron chi connectivity index (χ4n) is 3.54. The molecule has 164 valence electrons. The van der Waals surface area contributed by atoms with Crippen molar-refractivity contribution in [2.45, 2.75) is 20.8 Å². The van der Waals surface area contributed by atoms with E-state index in [0.717, 1.165) is 23.0 Å². The number of hydrogen-bond donors (Lipinski definition) is 2. The number of nitrogens with zero attached hydrogens (tertiary/aromatic N) is 2. The van der Waals surface area contributed by atoms with E-state index >= 15 is 0 Å². The summed E-state index contributed by atoms with van der Waals surface area (Å²) in [7, 11) is 1.32. The predicted octanol–water partition coefficient (Wildman–Crippen LogP) is 4.34. The molecule has 3 rings (SSSR count). The molecule has 0 spiro atoms. The molecule has 8 nitrogen and oxygen atoms in total. The molecule has 0 saturated heterocycles. The summed E-state index contributed by atoms with van der Waals surface area (Å²) in [6.45, 7) is 5.45. The Bertz CT molecular complexity index is 1240. The number of aryl methyl sites for hydroxylation is 1. The normalized spacial score (nSPS) is 11.0. The summed E-state index contributed by atoms with van der Waals surface area (Å²) in [5, 5.41) is 18.7.